The summed E-state index contributed by atoms with van der Waals surface area (Å²) in [5.41, 5.74) is 7.53. The van der Waals surface area contributed by atoms with Crippen LogP contribution in [0.4, 0.5) is 5.69 Å². The molecule has 0 saturated heterocycles. The third kappa shape index (κ3) is 3.64. The van der Waals surface area contributed by atoms with Crippen LogP contribution in [0.1, 0.15) is 16.7 Å². The number of benzene rings is 3. The first-order valence-electron chi connectivity index (χ1n) is 8.69. The summed E-state index contributed by atoms with van der Waals surface area (Å²) in [5, 5.41) is 4.67. The average Bonchev–Trinajstić information content (AvgIpc) is 2.93. The number of fused-ring (bicyclic) bond motifs is 1. The highest BCUT2D eigenvalue weighted by Crippen LogP contribution is 2.30. The van der Waals surface area contributed by atoms with Gasteiger partial charge < -0.3 is 9.47 Å². The first kappa shape index (κ1) is 18.3. The molecule has 0 fully saturated rings. The summed E-state index contributed by atoms with van der Waals surface area (Å²) in [6.45, 7) is 0. The number of amidine groups is 1. The van der Waals surface area contributed by atoms with Gasteiger partial charge in [-0.15, -0.1) is 0 Å². The summed E-state index contributed by atoms with van der Waals surface area (Å²) in [6, 6.07) is 21.5. The van der Waals surface area contributed by atoms with Crippen molar-refractivity contribution < 1.29 is 9.47 Å². The molecule has 0 aromatic heterocycles. The van der Waals surface area contributed by atoms with Crippen molar-refractivity contribution in [3.05, 3.63) is 87.9 Å². The molecule has 0 saturated carbocycles. The number of hydrogen-bond acceptors (Lipinski definition) is 5. The Morgan fingerprint density at radius 2 is 1.43 bits per heavy atom. The molecule has 0 radical (unpaired) electrons. The van der Waals surface area contributed by atoms with Gasteiger partial charge in [-0.3, -0.25) is 5.43 Å². The van der Waals surface area contributed by atoms with E-state index >= 15 is 0 Å². The van der Waals surface area contributed by atoms with Gasteiger partial charge in [0.2, 0.25) is 0 Å². The molecular weight excluding hydrogens is 418 g/mol. The fourth-order valence-electron chi connectivity index (χ4n) is 2.95. The van der Waals surface area contributed by atoms with E-state index in [2.05, 4.69) is 26.5 Å². The van der Waals surface area contributed by atoms with Crippen molar-refractivity contribution in [2.45, 2.75) is 0 Å². The van der Waals surface area contributed by atoms with E-state index in [4.69, 9.17) is 14.5 Å². The molecule has 0 aliphatic carbocycles. The fraction of sp³-hybridized carbons (Fsp3) is 0.0909. The number of methoxy groups -OCH3 is 2. The second-order valence-corrected chi connectivity index (χ2v) is 7.07. The van der Waals surface area contributed by atoms with Crippen molar-refractivity contribution >= 4 is 33.2 Å². The molecule has 6 heteroatoms. The molecule has 3 aromatic carbocycles. The third-order valence-corrected chi connectivity index (χ3v) is 4.97. The van der Waals surface area contributed by atoms with Crippen LogP contribution in [0.3, 0.4) is 0 Å². The van der Waals surface area contributed by atoms with Crippen LogP contribution in [-0.4, -0.2) is 25.8 Å². The van der Waals surface area contributed by atoms with Crippen molar-refractivity contribution in [2.24, 2.45) is 10.1 Å². The summed E-state index contributed by atoms with van der Waals surface area (Å²) in [4.78, 5) is 4.82. The van der Waals surface area contributed by atoms with E-state index in [1.54, 1.807) is 14.2 Å². The summed E-state index contributed by atoms with van der Waals surface area (Å²) in [5.74, 6) is 2.23. The molecule has 140 valence electrons. The smallest absolute Gasteiger partial charge is 0.154 e. The van der Waals surface area contributed by atoms with Gasteiger partial charge in [0.1, 0.15) is 17.2 Å². The van der Waals surface area contributed by atoms with Crippen LogP contribution >= 0.6 is 15.9 Å². The molecule has 1 heterocycles. The number of ether oxygens (including phenoxy) is 2. The number of rotatable bonds is 4. The minimum Gasteiger partial charge on any atom is -0.497 e. The number of nitrogens with one attached hydrogen (secondary N) is 1. The molecule has 0 bridgehead atoms. The lowest BCUT2D eigenvalue weighted by atomic mass is 10.0. The van der Waals surface area contributed by atoms with Crippen LogP contribution in [0.2, 0.25) is 0 Å². The van der Waals surface area contributed by atoms with Gasteiger partial charge in [-0.1, -0.05) is 28.1 Å². The first-order valence-corrected chi connectivity index (χ1v) is 9.48. The predicted octanol–water partition coefficient (Wildman–Crippen LogP) is 4.90. The normalized spacial score (nSPS) is 12.8. The quantitative estimate of drug-likeness (QED) is 0.633. The van der Waals surface area contributed by atoms with Crippen molar-refractivity contribution in [1.29, 1.82) is 0 Å². The Labute approximate surface area is 171 Å². The zero-order valence-electron chi connectivity index (χ0n) is 15.4. The minimum absolute atomic E-state index is 0.683. The lowest BCUT2D eigenvalue weighted by Crippen LogP contribution is -2.19. The van der Waals surface area contributed by atoms with Crippen molar-refractivity contribution in [3.63, 3.8) is 0 Å². The molecule has 0 atom stereocenters. The highest BCUT2D eigenvalue weighted by Gasteiger charge is 2.18. The van der Waals surface area contributed by atoms with Gasteiger partial charge in [0, 0.05) is 21.2 Å². The molecular formula is C22H18BrN3O2. The summed E-state index contributed by atoms with van der Waals surface area (Å²) < 4.78 is 11.7. The zero-order chi connectivity index (χ0) is 19.5. The van der Waals surface area contributed by atoms with E-state index < -0.39 is 0 Å². The SMILES string of the molecule is COc1ccc(C2=NNC(c3ccc(Br)cc3)=Nc3ccc(OC)cc32)cc1. The standard InChI is InChI=1S/C22H18BrN3O2/c1-27-17-9-5-14(6-10-17)21-19-13-18(28-2)11-12-20(19)24-22(26-25-21)15-3-7-16(23)8-4-15/h3-13H,1-2H3,(H,24,26). The van der Waals surface area contributed by atoms with E-state index in [1.165, 1.54) is 0 Å². The second-order valence-electron chi connectivity index (χ2n) is 6.15. The van der Waals surface area contributed by atoms with Crippen LogP contribution in [0.25, 0.3) is 0 Å². The summed E-state index contributed by atoms with van der Waals surface area (Å²) >= 11 is 3.47. The van der Waals surface area contributed by atoms with Gasteiger partial charge in [0.05, 0.1) is 19.9 Å². The Hall–Kier alpha value is -3.12. The lowest BCUT2D eigenvalue weighted by Gasteiger charge is -2.10. The van der Waals surface area contributed by atoms with E-state index in [0.29, 0.717) is 5.84 Å². The van der Waals surface area contributed by atoms with E-state index in [0.717, 1.165) is 44.1 Å². The van der Waals surface area contributed by atoms with Gasteiger partial charge in [0.25, 0.3) is 0 Å². The predicted molar refractivity (Wildman–Crippen MR) is 115 cm³/mol. The molecule has 28 heavy (non-hydrogen) atoms. The number of halogens is 1. The number of aliphatic imine (C=N–C) groups is 1. The highest BCUT2D eigenvalue weighted by atomic mass is 79.9. The van der Waals surface area contributed by atoms with Crippen LogP contribution in [0, 0.1) is 0 Å². The topological polar surface area (TPSA) is 55.2 Å². The van der Waals surface area contributed by atoms with Crippen molar-refractivity contribution in [1.82, 2.24) is 5.43 Å². The molecule has 0 spiro atoms. The van der Waals surface area contributed by atoms with Crippen LogP contribution < -0.4 is 14.9 Å². The maximum Gasteiger partial charge on any atom is 0.154 e. The Morgan fingerprint density at radius 1 is 0.786 bits per heavy atom. The van der Waals surface area contributed by atoms with Crippen LogP contribution in [0.15, 0.2) is 81.3 Å². The van der Waals surface area contributed by atoms with Gasteiger partial charge >= 0.3 is 0 Å². The number of hydrazone groups is 1. The molecule has 1 aliphatic heterocycles. The largest absolute Gasteiger partial charge is 0.497 e. The van der Waals surface area contributed by atoms with Crippen LogP contribution in [-0.2, 0) is 0 Å². The van der Waals surface area contributed by atoms with E-state index in [-0.39, 0.29) is 0 Å². The number of hydrogen-bond donors (Lipinski definition) is 1. The molecule has 4 rings (SSSR count). The molecule has 1 N–H and O–H groups in total. The van der Waals surface area contributed by atoms with Gasteiger partial charge in [-0.25, -0.2) is 4.99 Å². The molecule has 1 aliphatic rings. The molecule has 5 nitrogen and oxygen atoms in total. The number of nitrogens with zero attached hydrogens (tertiary/aromatic N) is 2. The first-order chi connectivity index (χ1) is 13.7. The Morgan fingerprint density at radius 3 is 2.11 bits per heavy atom. The van der Waals surface area contributed by atoms with Crippen molar-refractivity contribution in [3.8, 4) is 11.5 Å². The maximum atomic E-state index is 5.42. The Balaban J connectivity index is 1.83. The lowest BCUT2D eigenvalue weighted by molar-refractivity contribution is 0.414. The summed E-state index contributed by atoms with van der Waals surface area (Å²) in [6.07, 6.45) is 0. The van der Waals surface area contributed by atoms with E-state index in [1.807, 2.05) is 66.7 Å². The van der Waals surface area contributed by atoms with Crippen molar-refractivity contribution in [2.75, 3.05) is 14.2 Å². The third-order valence-electron chi connectivity index (χ3n) is 4.45. The second kappa shape index (κ2) is 7.86. The molecule has 0 unspecified atom stereocenters. The Kier molecular flexibility index (Phi) is 5.12. The highest BCUT2D eigenvalue weighted by molar-refractivity contribution is 9.10. The Bertz CT molecular complexity index is 1060. The van der Waals surface area contributed by atoms with E-state index in [9.17, 15) is 0 Å². The molecule has 0 amide bonds. The van der Waals surface area contributed by atoms with Gasteiger partial charge in [-0.2, -0.15) is 5.10 Å². The van der Waals surface area contributed by atoms with Crippen LogP contribution in [0.5, 0.6) is 11.5 Å². The van der Waals surface area contributed by atoms with Gasteiger partial charge in [-0.05, 0) is 54.6 Å². The maximum absolute atomic E-state index is 5.42. The average molecular weight is 436 g/mol. The fourth-order valence-corrected chi connectivity index (χ4v) is 3.21. The zero-order valence-corrected chi connectivity index (χ0v) is 17.0. The molecule has 3 aromatic rings. The minimum atomic E-state index is 0.683. The van der Waals surface area contributed by atoms with Gasteiger partial charge in [0.15, 0.2) is 5.84 Å². The monoisotopic (exact) mass is 435 g/mol. The summed E-state index contributed by atoms with van der Waals surface area (Å²) in [7, 11) is 3.30.